The third-order valence-corrected chi connectivity index (χ3v) is 5.04. The molecule has 0 atom stereocenters. The summed E-state index contributed by atoms with van der Waals surface area (Å²) in [6, 6.07) is 27.5. The predicted octanol–water partition coefficient (Wildman–Crippen LogP) is 7.41. The molecule has 0 saturated carbocycles. The molecule has 0 amide bonds. The van der Waals surface area contributed by atoms with Crippen LogP contribution in [0, 0.1) is 11.3 Å². The molecule has 0 N–H and O–H groups in total. The van der Waals surface area contributed by atoms with Crippen LogP contribution < -0.4 is 0 Å². The Morgan fingerprint density at radius 3 is 2.07 bits per heavy atom. The van der Waals surface area contributed by atoms with Gasteiger partial charge in [0.05, 0.1) is 11.6 Å². The average molecular weight is 354 g/mol. The van der Waals surface area contributed by atoms with E-state index in [9.17, 15) is 5.26 Å². The van der Waals surface area contributed by atoms with Crippen molar-refractivity contribution in [3.8, 4) is 28.3 Å². The first-order valence-corrected chi connectivity index (χ1v) is 10.0. The molecule has 0 radical (unpaired) electrons. The fourth-order valence-corrected chi connectivity index (χ4v) is 3.57. The molecule has 3 aromatic rings. The van der Waals surface area contributed by atoms with Crippen molar-refractivity contribution in [1.29, 1.82) is 5.26 Å². The van der Waals surface area contributed by atoms with E-state index in [1.54, 1.807) is 0 Å². The quantitative estimate of drug-likeness (QED) is 0.387. The first kappa shape index (κ1) is 18.9. The molecule has 136 valence electrons. The Labute approximate surface area is 163 Å². The predicted molar refractivity (Wildman–Crippen MR) is 114 cm³/mol. The zero-order chi connectivity index (χ0) is 18.9. The van der Waals surface area contributed by atoms with E-state index in [1.807, 2.05) is 18.2 Å². The first-order chi connectivity index (χ1) is 13.3. The first-order valence-electron chi connectivity index (χ1n) is 10.0. The van der Waals surface area contributed by atoms with Gasteiger partial charge in [0.15, 0.2) is 0 Å². The van der Waals surface area contributed by atoms with Gasteiger partial charge in [0.25, 0.3) is 0 Å². The Kier molecular flexibility index (Phi) is 6.83. The van der Waals surface area contributed by atoms with Crippen LogP contribution in [-0.2, 0) is 6.42 Å². The van der Waals surface area contributed by atoms with Gasteiger partial charge in [-0.2, -0.15) is 5.26 Å². The number of aryl methyl sites for hydroxylation is 1. The Bertz CT molecular complexity index is 917. The number of rotatable bonds is 8. The van der Waals surface area contributed by atoms with Gasteiger partial charge >= 0.3 is 0 Å². The zero-order valence-corrected chi connectivity index (χ0v) is 16.1. The molecule has 0 bridgehead atoms. The molecule has 1 heteroatoms. The zero-order valence-electron chi connectivity index (χ0n) is 16.1. The van der Waals surface area contributed by atoms with Crippen molar-refractivity contribution in [2.75, 3.05) is 0 Å². The van der Waals surface area contributed by atoms with Gasteiger partial charge in [0.1, 0.15) is 0 Å². The van der Waals surface area contributed by atoms with E-state index in [2.05, 4.69) is 67.6 Å². The average Bonchev–Trinajstić information content (AvgIpc) is 2.74. The fourth-order valence-electron chi connectivity index (χ4n) is 3.57. The van der Waals surface area contributed by atoms with Crippen LogP contribution in [0.25, 0.3) is 22.3 Å². The van der Waals surface area contributed by atoms with Crippen molar-refractivity contribution < 1.29 is 0 Å². The third-order valence-electron chi connectivity index (χ3n) is 5.04. The topological polar surface area (TPSA) is 23.8 Å². The standard InChI is InChI=1S/C26H27N/c1-2-3-4-5-6-11-21-12-9-14-23(18-21)25-16-7-8-17-26(25)24-15-10-13-22(19-24)20-27/h7-10,12-19H,2-6,11H2,1H3. The van der Waals surface area contributed by atoms with Gasteiger partial charge < -0.3 is 0 Å². The Morgan fingerprint density at radius 2 is 1.37 bits per heavy atom. The van der Waals surface area contributed by atoms with Gasteiger partial charge in [0, 0.05) is 0 Å². The molecule has 3 rings (SSSR count). The van der Waals surface area contributed by atoms with Crippen molar-refractivity contribution in [3.63, 3.8) is 0 Å². The van der Waals surface area contributed by atoms with Crippen LogP contribution in [0.3, 0.4) is 0 Å². The van der Waals surface area contributed by atoms with E-state index in [1.165, 1.54) is 54.4 Å². The minimum Gasteiger partial charge on any atom is -0.192 e. The van der Waals surface area contributed by atoms with E-state index in [0.717, 1.165) is 12.0 Å². The lowest BCUT2D eigenvalue weighted by atomic mass is 9.92. The van der Waals surface area contributed by atoms with Gasteiger partial charge in [-0.3, -0.25) is 0 Å². The lowest BCUT2D eigenvalue weighted by Gasteiger charge is -2.12. The van der Waals surface area contributed by atoms with Crippen LogP contribution in [0.4, 0.5) is 0 Å². The maximum atomic E-state index is 9.22. The van der Waals surface area contributed by atoms with Crippen molar-refractivity contribution in [2.45, 2.75) is 45.4 Å². The highest BCUT2D eigenvalue weighted by molar-refractivity contribution is 5.84. The highest BCUT2D eigenvalue weighted by Crippen LogP contribution is 2.33. The molecule has 0 fully saturated rings. The van der Waals surface area contributed by atoms with E-state index >= 15 is 0 Å². The van der Waals surface area contributed by atoms with Crippen molar-refractivity contribution in [2.24, 2.45) is 0 Å². The maximum absolute atomic E-state index is 9.22. The molecule has 1 nitrogen and oxygen atoms in total. The van der Waals surface area contributed by atoms with E-state index in [4.69, 9.17) is 0 Å². The second-order valence-electron chi connectivity index (χ2n) is 7.10. The third kappa shape index (κ3) is 5.08. The normalized spacial score (nSPS) is 10.5. The van der Waals surface area contributed by atoms with Gasteiger partial charge in [-0.1, -0.05) is 93.3 Å². The lowest BCUT2D eigenvalue weighted by molar-refractivity contribution is 0.632. The summed E-state index contributed by atoms with van der Waals surface area (Å²) in [6.07, 6.45) is 7.69. The number of nitrogens with zero attached hydrogens (tertiary/aromatic N) is 1. The van der Waals surface area contributed by atoms with E-state index in [0.29, 0.717) is 5.56 Å². The van der Waals surface area contributed by atoms with Crippen LogP contribution in [-0.4, -0.2) is 0 Å². The van der Waals surface area contributed by atoms with Crippen LogP contribution in [0.5, 0.6) is 0 Å². The number of benzene rings is 3. The van der Waals surface area contributed by atoms with Crippen LogP contribution in [0.1, 0.15) is 50.2 Å². The second kappa shape index (κ2) is 9.74. The number of hydrogen-bond acceptors (Lipinski definition) is 1. The van der Waals surface area contributed by atoms with Crippen molar-refractivity contribution in [1.82, 2.24) is 0 Å². The molecule has 0 saturated heterocycles. The molecule has 0 aliphatic carbocycles. The summed E-state index contributed by atoms with van der Waals surface area (Å²) >= 11 is 0. The van der Waals surface area contributed by atoms with Crippen LogP contribution in [0.2, 0.25) is 0 Å². The Morgan fingerprint density at radius 1 is 0.704 bits per heavy atom. The smallest absolute Gasteiger partial charge is 0.0991 e. The number of hydrogen-bond donors (Lipinski definition) is 0. The molecule has 3 aromatic carbocycles. The molecule has 0 aromatic heterocycles. The highest BCUT2D eigenvalue weighted by atomic mass is 14.2. The molecule has 0 aliphatic rings. The number of nitriles is 1. The van der Waals surface area contributed by atoms with Crippen LogP contribution in [0.15, 0.2) is 72.8 Å². The molecule has 0 heterocycles. The Hall–Kier alpha value is -2.85. The minimum atomic E-state index is 0.697. The van der Waals surface area contributed by atoms with Crippen molar-refractivity contribution >= 4 is 0 Å². The lowest BCUT2D eigenvalue weighted by Crippen LogP contribution is -1.90. The molecular weight excluding hydrogens is 326 g/mol. The minimum absolute atomic E-state index is 0.697. The molecule has 0 unspecified atom stereocenters. The summed E-state index contributed by atoms with van der Waals surface area (Å²) < 4.78 is 0. The molecule has 0 aliphatic heterocycles. The Balaban J connectivity index is 1.85. The summed E-state index contributed by atoms with van der Waals surface area (Å²) in [5.41, 5.74) is 6.84. The van der Waals surface area contributed by atoms with Gasteiger partial charge in [0.2, 0.25) is 0 Å². The van der Waals surface area contributed by atoms with E-state index in [-0.39, 0.29) is 0 Å². The maximum Gasteiger partial charge on any atom is 0.0991 e. The summed E-state index contributed by atoms with van der Waals surface area (Å²) in [6.45, 7) is 2.26. The van der Waals surface area contributed by atoms with Crippen molar-refractivity contribution in [3.05, 3.63) is 83.9 Å². The van der Waals surface area contributed by atoms with Gasteiger partial charge in [-0.05, 0) is 52.8 Å². The summed E-state index contributed by atoms with van der Waals surface area (Å²) in [7, 11) is 0. The fraction of sp³-hybridized carbons (Fsp3) is 0.269. The monoisotopic (exact) mass is 353 g/mol. The summed E-state index contributed by atoms with van der Waals surface area (Å²) in [4.78, 5) is 0. The number of unbranched alkanes of at least 4 members (excludes halogenated alkanes) is 4. The largest absolute Gasteiger partial charge is 0.192 e. The van der Waals surface area contributed by atoms with Gasteiger partial charge in [-0.25, -0.2) is 0 Å². The molecular formula is C26H27N. The SMILES string of the molecule is CCCCCCCc1cccc(-c2ccccc2-c2cccc(C#N)c2)c1. The van der Waals surface area contributed by atoms with E-state index < -0.39 is 0 Å². The summed E-state index contributed by atoms with van der Waals surface area (Å²) in [5, 5.41) is 9.22. The highest BCUT2D eigenvalue weighted by Gasteiger charge is 2.08. The summed E-state index contributed by atoms with van der Waals surface area (Å²) in [5.74, 6) is 0. The second-order valence-corrected chi connectivity index (χ2v) is 7.10. The molecule has 27 heavy (non-hydrogen) atoms. The van der Waals surface area contributed by atoms with Gasteiger partial charge in [-0.15, -0.1) is 0 Å². The van der Waals surface area contributed by atoms with Crippen LogP contribution >= 0.6 is 0 Å². The molecule has 0 spiro atoms.